The standard InChI is InChI=1S/C23H24N4O7/c1-2-26-9-3-4-14(13-26)24-23(30)18-12-21(34-25-18)22-19(29)10-16(28)11-20(22)33-17-7-5-15(6-8-17)27(31)32/h5-8,10-12,14,28-29H,2-4,9,13H2,1H3,(H,24,30). The van der Waals surface area contributed by atoms with E-state index in [2.05, 4.69) is 22.3 Å². The summed E-state index contributed by atoms with van der Waals surface area (Å²) in [5.74, 6) is -0.723. The Bertz CT molecular complexity index is 1190. The van der Waals surface area contributed by atoms with Crippen molar-refractivity contribution in [2.75, 3.05) is 19.6 Å². The fourth-order valence-electron chi connectivity index (χ4n) is 3.90. The third-order valence-electron chi connectivity index (χ3n) is 5.62. The minimum Gasteiger partial charge on any atom is -0.508 e. The Balaban J connectivity index is 1.56. The van der Waals surface area contributed by atoms with Gasteiger partial charge in [0.1, 0.15) is 28.6 Å². The van der Waals surface area contributed by atoms with E-state index >= 15 is 0 Å². The van der Waals surface area contributed by atoms with E-state index in [1.165, 1.54) is 36.4 Å². The van der Waals surface area contributed by atoms with Gasteiger partial charge in [-0.25, -0.2) is 0 Å². The molecule has 1 fully saturated rings. The SMILES string of the molecule is CCN1CCCC(NC(=O)c2cc(-c3c(O)cc(O)cc3Oc3ccc([N+](=O)[O-])cc3)on2)C1. The number of hydrogen-bond donors (Lipinski definition) is 3. The molecular weight excluding hydrogens is 444 g/mol. The van der Waals surface area contributed by atoms with Gasteiger partial charge in [0.2, 0.25) is 0 Å². The fraction of sp³-hybridized carbons (Fsp3) is 0.304. The summed E-state index contributed by atoms with van der Waals surface area (Å²) in [7, 11) is 0. The largest absolute Gasteiger partial charge is 0.508 e. The van der Waals surface area contributed by atoms with Crippen molar-refractivity contribution in [1.29, 1.82) is 0 Å². The van der Waals surface area contributed by atoms with Gasteiger partial charge in [-0.05, 0) is 38.1 Å². The van der Waals surface area contributed by atoms with Gasteiger partial charge < -0.3 is 29.7 Å². The average Bonchev–Trinajstić information content (AvgIpc) is 3.29. The van der Waals surface area contributed by atoms with Gasteiger partial charge in [-0.1, -0.05) is 12.1 Å². The van der Waals surface area contributed by atoms with Crippen LogP contribution in [0.1, 0.15) is 30.3 Å². The van der Waals surface area contributed by atoms with Crippen LogP contribution < -0.4 is 10.1 Å². The summed E-state index contributed by atoms with van der Waals surface area (Å²) in [5.41, 5.74) is -0.00727. The molecule has 1 amide bonds. The van der Waals surface area contributed by atoms with Crippen LogP contribution in [0.4, 0.5) is 5.69 Å². The van der Waals surface area contributed by atoms with E-state index in [1.54, 1.807) is 0 Å². The number of phenolic OH excluding ortho intramolecular Hbond substituents is 2. The molecule has 3 N–H and O–H groups in total. The number of ether oxygens (including phenoxy) is 1. The summed E-state index contributed by atoms with van der Waals surface area (Å²) in [6, 6.07) is 9.02. The zero-order chi connectivity index (χ0) is 24.2. The number of benzene rings is 2. The molecule has 3 aromatic rings. The van der Waals surface area contributed by atoms with Gasteiger partial charge in [-0.3, -0.25) is 14.9 Å². The number of rotatable bonds is 7. The van der Waals surface area contributed by atoms with E-state index in [0.717, 1.165) is 38.5 Å². The number of carbonyl (C=O) groups is 1. The van der Waals surface area contributed by atoms with Crippen LogP contribution >= 0.6 is 0 Å². The molecule has 11 nitrogen and oxygen atoms in total. The zero-order valence-electron chi connectivity index (χ0n) is 18.4. The van der Waals surface area contributed by atoms with Crippen molar-refractivity contribution in [2.45, 2.75) is 25.8 Å². The van der Waals surface area contributed by atoms with Crippen LogP contribution in [0.15, 0.2) is 47.0 Å². The van der Waals surface area contributed by atoms with E-state index in [9.17, 15) is 25.1 Å². The number of nitrogens with zero attached hydrogens (tertiary/aromatic N) is 3. The summed E-state index contributed by atoms with van der Waals surface area (Å²) in [6.07, 6.45) is 1.87. The van der Waals surface area contributed by atoms with Gasteiger partial charge in [0.15, 0.2) is 11.5 Å². The first-order valence-electron chi connectivity index (χ1n) is 10.8. The number of piperidine rings is 1. The Morgan fingerprint density at radius 3 is 2.76 bits per heavy atom. The second kappa shape index (κ2) is 9.79. The number of aromatic hydroxyl groups is 2. The van der Waals surface area contributed by atoms with Gasteiger partial charge in [-0.15, -0.1) is 0 Å². The van der Waals surface area contributed by atoms with Gasteiger partial charge >= 0.3 is 0 Å². The number of non-ortho nitro benzene ring substituents is 1. The third-order valence-corrected chi connectivity index (χ3v) is 5.62. The van der Waals surface area contributed by atoms with Crippen LogP contribution in [0.3, 0.4) is 0 Å². The predicted octanol–water partition coefficient (Wildman–Crippen LogP) is 3.67. The van der Waals surface area contributed by atoms with E-state index in [1.807, 2.05) is 0 Å². The zero-order valence-corrected chi connectivity index (χ0v) is 18.4. The summed E-state index contributed by atoms with van der Waals surface area (Å²) in [4.78, 5) is 25.3. The highest BCUT2D eigenvalue weighted by atomic mass is 16.6. The fourth-order valence-corrected chi connectivity index (χ4v) is 3.90. The lowest BCUT2D eigenvalue weighted by Crippen LogP contribution is -2.47. The van der Waals surface area contributed by atoms with Crippen molar-refractivity contribution in [3.63, 3.8) is 0 Å². The number of likely N-dealkylation sites (tertiary alicyclic amines) is 1. The first kappa shape index (κ1) is 23.1. The number of nitro benzene ring substituents is 1. The maximum Gasteiger partial charge on any atom is 0.273 e. The van der Waals surface area contributed by atoms with Gasteiger partial charge in [0.25, 0.3) is 11.6 Å². The van der Waals surface area contributed by atoms with E-state index in [0.29, 0.717) is 0 Å². The number of aromatic nitrogens is 1. The Kier molecular flexibility index (Phi) is 6.64. The smallest absolute Gasteiger partial charge is 0.273 e. The number of nitrogens with one attached hydrogen (secondary N) is 1. The molecule has 0 radical (unpaired) electrons. The number of amides is 1. The van der Waals surface area contributed by atoms with Crippen LogP contribution in [0, 0.1) is 10.1 Å². The Hall–Kier alpha value is -4.12. The number of likely N-dealkylation sites (N-methyl/N-ethyl adjacent to an activating group) is 1. The molecule has 178 valence electrons. The molecule has 2 aromatic carbocycles. The molecule has 0 aliphatic carbocycles. The van der Waals surface area contributed by atoms with Crippen LogP contribution in [0.5, 0.6) is 23.0 Å². The van der Waals surface area contributed by atoms with E-state index < -0.39 is 10.8 Å². The van der Waals surface area contributed by atoms with E-state index in [-0.39, 0.29) is 51.7 Å². The summed E-state index contributed by atoms with van der Waals surface area (Å²) >= 11 is 0. The highest BCUT2D eigenvalue weighted by molar-refractivity contribution is 5.93. The minimum absolute atomic E-state index is 0.00413. The highest BCUT2D eigenvalue weighted by Crippen LogP contribution is 2.43. The summed E-state index contributed by atoms with van der Waals surface area (Å²) < 4.78 is 11.1. The Morgan fingerprint density at radius 2 is 2.06 bits per heavy atom. The average molecular weight is 468 g/mol. The molecule has 4 rings (SSSR count). The normalized spacial score (nSPS) is 16.2. The first-order chi connectivity index (χ1) is 16.3. The van der Waals surface area contributed by atoms with Crippen molar-refractivity contribution >= 4 is 11.6 Å². The second-order valence-electron chi connectivity index (χ2n) is 7.97. The van der Waals surface area contributed by atoms with Crippen LogP contribution in [0.2, 0.25) is 0 Å². The topological polar surface area (TPSA) is 151 Å². The molecule has 2 heterocycles. The lowest BCUT2D eigenvalue weighted by molar-refractivity contribution is -0.384. The maximum absolute atomic E-state index is 12.7. The molecule has 1 saturated heterocycles. The number of carbonyl (C=O) groups excluding carboxylic acids is 1. The lowest BCUT2D eigenvalue weighted by Gasteiger charge is -2.32. The van der Waals surface area contributed by atoms with Crippen molar-refractivity contribution < 1.29 is 29.2 Å². The molecule has 34 heavy (non-hydrogen) atoms. The van der Waals surface area contributed by atoms with Crippen molar-refractivity contribution in [2.24, 2.45) is 0 Å². The monoisotopic (exact) mass is 468 g/mol. The molecule has 0 saturated carbocycles. The third kappa shape index (κ3) is 5.09. The van der Waals surface area contributed by atoms with Crippen LogP contribution in [-0.2, 0) is 0 Å². The summed E-state index contributed by atoms with van der Waals surface area (Å²) in [5, 5.41) is 38.1. The lowest BCUT2D eigenvalue weighted by atomic mass is 10.1. The number of hydrogen-bond acceptors (Lipinski definition) is 9. The molecular formula is C23H24N4O7. The van der Waals surface area contributed by atoms with Gasteiger partial charge in [0, 0.05) is 42.9 Å². The van der Waals surface area contributed by atoms with Crippen molar-refractivity contribution in [3.8, 4) is 34.3 Å². The molecule has 0 bridgehead atoms. The van der Waals surface area contributed by atoms with Crippen LogP contribution in [0.25, 0.3) is 11.3 Å². The number of nitro groups is 1. The molecule has 1 atom stereocenters. The van der Waals surface area contributed by atoms with Gasteiger partial charge in [-0.2, -0.15) is 0 Å². The molecule has 11 heteroatoms. The summed E-state index contributed by atoms with van der Waals surface area (Å²) in [6.45, 7) is 4.76. The maximum atomic E-state index is 12.7. The second-order valence-corrected chi connectivity index (χ2v) is 7.97. The number of phenols is 2. The molecule has 0 spiro atoms. The Morgan fingerprint density at radius 1 is 1.29 bits per heavy atom. The quantitative estimate of drug-likeness (QED) is 0.348. The van der Waals surface area contributed by atoms with E-state index in [4.69, 9.17) is 9.26 Å². The Labute approximate surface area is 194 Å². The minimum atomic E-state index is -0.538. The highest BCUT2D eigenvalue weighted by Gasteiger charge is 2.25. The molecule has 1 aliphatic heterocycles. The van der Waals surface area contributed by atoms with Crippen molar-refractivity contribution in [3.05, 3.63) is 58.3 Å². The molecule has 1 unspecified atom stereocenters. The van der Waals surface area contributed by atoms with Crippen LogP contribution in [-0.4, -0.2) is 56.8 Å². The first-order valence-corrected chi connectivity index (χ1v) is 10.8. The predicted molar refractivity (Wildman–Crippen MR) is 121 cm³/mol. The van der Waals surface area contributed by atoms with Crippen molar-refractivity contribution in [1.82, 2.24) is 15.4 Å². The molecule has 1 aromatic heterocycles. The van der Waals surface area contributed by atoms with Gasteiger partial charge in [0.05, 0.1) is 4.92 Å². The molecule has 1 aliphatic rings.